The molecule has 0 amide bonds. The van der Waals surface area contributed by atoms with E-state index >= 15 is 0 Å². The largest absolute Gasteiger partial charge is 0.481 e. The van der Waals surface area contributed by atoms with Gasteiger partial charge >= 0.3 is 11.9 Å². The van der Waals surface area contributed by atoms with Gasteiger partial charge in [0.05, 0.1) is 18.9 Å². The smallest absolute Gasteiger partial charge is 0.306 e. The van der Waals surface area contributed by atoms with Crippen molar-refractivity contribution >= 4 is 11.9 Å². The molecule has 266 valence electrons. The molecule has 0 aromatic carbocycles. The van der Waals surface area contributed by atoms with Gasteiger partial charge in [-0.3, -0.25) is 9.59 Å². The molecule has 0 aromatic heterocycles. The van der Waals surface area contributed by atoms with Crippen LogP contribution in [-0.4, -0.2) is 34.4 Å². The van der Waals surface area contributed by atoms with E-state index in [0.29, 0.717) is 12.8 Å². The zero-order valence-electron chi connectivity index (χ0n) is 31.6. The monoisotopic (exact) mass is 668 g/mol. The lowest BCUT2D eigenvalue weighted by Crippen LogP contribution is -2.32. The van der Waals surface area contributed by atoms with Gasteiger partial charge in [0.15, 0.2) is 0 Å². The number of hydrogen-bond acceptors (Lipinski definition) is 4. The number of carbonyl (C=O) groups is 2. The topological polar surface area (TPSA) is 83.8 Å². The number of aliphatic hydroxyl groups is 1. The van der Waals surface area contributed by atoms with Gasteiger partial charge in [0.2, 0.25) is 0 Å². The van der Waals surface area contributed by atoms with Crippen LogP contribution in [0.5, 0.6) is 0 Å². The number of allylic oxidation sites excluding steroid dienone is 20. The van der Waals surface area contributed by atoms with Gasteiger partial charge in [-0.1, -0.05) is 146 Å². The van der Waals surface area contributed by atoms with Crippen LogP contribution in [0.4, 0.5) is 0 Å². The van der Waals surface area contributed by atoms with Gasteiger partial charge in [-0.05, 0) is 82.8 Å². The lowest BCUT2D eigenvalue weighted by molar-refractivity contribution is -0.153. The van der Waals surface area contributed by atoms with Crippen LogP contribution in [0, 0.1) is 10.8 Å². The average molecular weight is 669 g/mol. The van der Waals surface area contributed by atoms with E-state index in [4.69, 9.17) is 9.84 Å². The van der Waals surface area contributed by atoms with Crippen molar-refractivity contribution in [2.24, 2.45) is 10.8 Å². The normalized spacial score (nSPS) is 22.9. The van der Waals surface area contributed by atoms with E-state index in [1.54, 1.807) is 0 Å². The molecular weight excluding hydrogens is 608 g/mol. The second-order valence-corrected chi connectivity index (χ2v) is 15.0. The summed E-state index contributed by atoms with van der Waals surface area (Å²) in [5.74, 6) is -1.44. The summed E-state index contributed by atoms with van der Waals surface area (Å²) >= 11 is 0. The minimum Gasteiger partial charge on any atom is -0.481 e. The third-order valence-corrected chi connectivity index (χ3v) is 9.07. The summed E-state index contributed by atoms with van der Waals surface area (Å²) in [5.41, 5.74) is 9.49. The molecule has 2 aliphatic carbocycles. The zero-order valence-corrected chi connectivity index (χ0v) is 31.6. The maximum atomic E-state index is 12.1. The van der Waals surface area contributed by atoms with Crippen LogP contribution in [-0.2, 0) is 14.3 Å². The van der Waals surface area contributed by atoms with Gasteiger partial charge < -0.3 is 14.9 Å². The van der Waals surface area contributed by atoms with Crippen LogP contribution in [0.1, 0.15) is 108 Å². The van der Waals surface area contributed by atoms with E-state index in [1.807, 2.05) is 6.08 Å². The van der Waals surface area contributed by atoms with E-state index in [0.717, 1.165) is 29.6 Å². The number of aliphatic hydroxyl groups excluding tert-OH is 1. The van der Waals surface area contributed by atoms with Crippen LogP contribution in [0.15, 0.2) is 130 Å². The molecule has 0 heterocycles. The van der Waals surface area contributed by atoms with Crippen LogP contribution in [0.25, 0.3) is 0 Å². The van der Waals surface area contributed by atoms with Crippen LogP contribution >= 0.6 is 0 Å². The molecule has 0 saturated carbocycles. The Morgan fingerprint density at radius 2 is 1.10 bits per heavy atom. The summed E-state index contributed by atoms with van der Waals surface area (Å²) in [6.45, 7) is 21.3. The first-order chi connectivity index (χ1) is 22.9. The standard InChI is InChI=1S/C44H60O5/c1-31(17-13-19-33(3)21-23-39-35(5)27-37(45)29-43(39,7)8)15-11-12-16-32(2)18-14-20-34(4)22-24-40-36(6)28-38(30-44(40,9)10)49-42(48)26-25-41(46)47/h11-24,37-38,45H,25-30H2,1-10H3,(H,46,47)/b12-11+,17-13+,18-14+,23-21+,24-22+,31-15+,32-16+,33-19+,34-20+/t37-,38-/m1/s1. The number of carbonyl (C=O) groups excluding carboxylic acids is 1. The Morgan fingerprint density at radius 1 is 0.673 bits per heavy atom. The second kappa shape index (κ2) is 19.3. The highest BCUT2D eigenvalue weighted by molar-refractivity contribution is 5.76. The van der Waals surface area contributed by atoms with Gasteiger partial charge in [-0.25, -0.2) is 0 Å². The Kier molecular flexibility index (Phi) is 16.2. The first-order valence-electron chi connectivity index (χ1n) is 17.5. The van der Waals surface area contributed by atoms with Crippen molar-refractivity contribution < 1.29 is 24.5 Å². The van der Waals surface area contributed by atoms with Crippen molar-refractivity contribution in [2.75, 3.05) is 0 Å². The molecule has 49 heavy (non-hydrogen) atoms. The molecule has 2 aliphatic rings. The Bertz CT molecular complexity index is 1540. The Hall–Kier alpha value is -3.96. The summed E-state index contributed by atoms with van der Waals surface area (Å²) in [7, 11) is 0. The molecule has 0 radical (unpaired) electrons. The molecule has 5 heteroatoms. The van der Waals surface area contributed by atoms with E-state index in [1.165, 1.54) is 27.9 Å². The Morgan fingerprint density at radius 3 is 1.55 bits per heavy atom. The molecule has 0 spiro atoms. The lowest BCUT2D eigenvalue weighted by atomic mass is 9.71. The summed E-state index contributed by atoms with van der Waals surface area (Å²) in [5, 5.41) is 18.9. The Labute approximate surface area is 296 Å². The van der Waals surface area contributed by atoms with Crippen molar-refractivity contribution in [1.82, 2.24) is 0 Å². The molecule has 2 rings (SSSR count). The van der Waals surface area contributed by atoms with E-state index in [2.05, 4.69) is 148 Å². The molecule has 0 aromatic rings. The first-order valence-corrected chi connectivity index (χ1v) is 17.5. The maximum Gasteiger partial charge on any atom is 0.306 e. The van der Waals surface area contributed by atoms with E-state index < -0.39 is 11.9 Å². The molecular formula is C44H60O5. The third kappa shape index (κ3) is 15.0. The minimum atomic E-state index is -0.993. The number of carboxylic acids is 1. The molecule has 5 nitrogen and oxygen atoms in total. The van der Waals surface area contributed by atoms with E-state index in [9.17, 15) is 14.7 Å². The number of esters is 1. The van der Waals surface area contributed by atoms with Crippen molar-refractivity contribution in [3.63, 3.8) is 0 Å². The summed E-state index contributed by atoms with van der Waals surface area (Å²) in [6, 6.07) is 0. The molecule has 0 unspecified atom stereocenters. The van der Waals surface area contributed by atoms with Crippen molar-refractivity contribution in [3.05, 3.63) is 130 Å². The number of ether oxygens (including phenoxy) is 1. The van der Waals surface area contributed by atoms with Crippen LogP contribution in [0.3, 0.4) is 0 Å². The van der Waals surface area contributed by atoms with Crippen LogP contribution in [0.2, 0.25) is 0 Å². The lowest BCUT2D eigenvalue weighted by Gasteiger charge is -2.37. The zero-order chi connectivity index (χ0) is 36.8. The predicted octanol–water partition coefficient (Wildman–Crippen LogP) is 11.0. The fourth-order valence-electron chi connectivity index (χ4n) is 6.64. The average Bonchev–Trinajstić information content (AvgIpc) is 2.96. The highest BCUT2D eigenvalue weighted by Gasteiger charge is 2.34. The molecule has 0 fully saturated rings. The van der Waals surface area contributed by atoms with Gasteiger partial charge in [-0.2, -0.15) is 0 Å². The number of hydrogen-bond donors (Lipinski definition) is 2. The number of rotatable bonds is 14. The minimum absolute atomic E-state index is 0.0119. The fraction of sp³-hybridized carbons (Fsp3) is 0.455. The molecule has 2 atom stereocenters. The number of aliphatic carboxylic acids is 1. The van der Waals surface area contributed by atoms with Gasteiger partial charge in [0.25, 0.3) is 0 Å². The second-order valence-electron chi connectivity index (χ2n) is 15.0. The summed E-state index contributed by atoms with van der Waals surface area (Å²) in [4.78, 5) is 22.8. The molecule has 0 aliphatic heterocycles. The highest BCUT2D eigenvalue weighted by atomic mass is 16.5. The summed E-state index contributed by atoms with van der Waals surface area (Å²) in [6.07, 6.45) is 31.6. The predicted molar refractivity (Wildman–Crippen MR) is 205 cm³/mol. The molecule has 0 saturated heterocycles. The van der Waals surface area contributed by atoms with Gasteiger partial charge in [-0.15, -0.1) is 0 Å². The summed E-state index contributed by atoms with van der Waals surface area (Å²) < 4.78 is 5.59. The number of carboxylic acid groups (broad SMARTS) is 1. The maximum absolute atomic E-state index is 12.1. The van der Waals surface area contributed by atoms with Gasteiger partial charge in [0, 0.05) is 6.42 Å². The van der Waals surface area contributed by atoms with Crippen molar-refractivity contribution in [3.8, 4) is 0 Å². The quantitative estimate of drug-likeness (QED) is 0.142. The van der Waals surface area contributed by atoms with Gasteiger partial charge in [0.1, 0.15) is 6.10 Å². The van der Waals surface area contributed by atoms with Crippen molar-refractivity contribution in [1.29, 1.82) is 0 Å². The third-order valence-electron chi connectivity index (χ3n) is 9.07. The van der Waals surface area contributed by atoms with Crippen LogP contribution < -0.4 is 0 Å². The highest BCUT2D eigenvalue weighted by Crippen LogP contribution is 2.43. The fourth-order valence-corrected chi connectivity index (χ4v) is 6.64. The molecule has 0 bridgehead atoms. The molecule has 2 N–H and O–H groups in total. The SMILES string of the molecule is CC1=C(/C=C/C(C)=C/C=C/C(C)=C/C=C/C=C(C)/C=C/C=C(C)/C=C/C2=C(C)C[C@@H](OC(=O)CCC(=O)O)CC2(C)C)C(C)(C)C[C@H](O)C1. The van der Waals surface area contributed by atoms with E-state index in [-0.39, 0.29) is 35.9 Å². The van der Waals surface area contributed by atoms with Crippen molar-refractivity contribution in [2.45, 2.75) is 120 Å². The first kappa shape index (κ1) is 41.2. The Balaban J connectivity index is 1.91.